The molecule has 0 bridgehead atoms. The highest BCUT2D eigenvalue weighted by atomic mass is 16.5. The van der Waals surface area contributed by atoms with Crippen LogP contribution in [0, 0.1) is 17.8 Å². The van der Waals surface area contributed by atoms with Gasteiger partial charge in [-0.2, -0.15) is 0 Å². The Kier molecular flexibility index (Phi) is 23.3. The fourth-order valence-electron chi connectivity index (χ4n) is 5.28. The lowest BCUT2D eigenvalue weighted by Crippen LogP contribution is -2.14. The molecule has 0 spiro atoms. The number of ether oxygens (including phenoxy) is 3. The zero-order chi connectivity index (χ0) is 33.3. The number of hydrogen-bond donors (Lipinski definition) is 0. The monoisotopic (exact) mass is 630 g/mol. The number of benzene rings is 1. The second-order valence-electron chi connectivity index (χ2n) is 14.1. The highest BCUT2D eigenvalue weighted by Gasteiger charge is 2.19. The third-order valence-corrected chi connectivity index (χ3v) is 8.12. The third-order valence-electron chi connectivity index (χ3n) is 8.12. The molecule has 258 valence electrons. The van der Waals surface area contributed by atoms with Crippen molar-refractivity contribution in [2.75, 3.05) is 19.8 Å². The molecule has 0 aliphatic carbocycles. The Morgan fingerprint density at radius 3 is 0.867 bits per heavy atom. The minimum atomic E-state index is -0.540. The van der Waals surface area contributed by atoms with Crippen molar-refractivity contribution in [3.8, 4) is 0 Å². The van der Waals surface area contributed by atoms with E-state index >= 15 is 0 Å². The van der Waals surface area contributed by atoms with E-state index in [2.05, 4.69) is 41.5 Å². The largest absolute Gasteiger partial charge is 0.462 e. The molecular formula is C39H66O6. The normalized spacial score (nSPS) is 11.4. The summed E-state index contributed by atoms with van der Waals surface area (Å²) >= 11 is 0. The molecule has 45 heavy (non-hydrogen) atoms. The molecule has 0 saturated heterocycles. The molecule has 0 aliphatic heterocycles. The van der Waals surface area contributed by atoms with Gasteiger partial charge >= 0.3 is 17.9 Å². The van der Waals surface area contributed by atoms with Crippen molar-refractivity contribution in [2.45, 2.75) is 157 Å². The summed E-state index contributed by atoms with van der Waals surface area (Å²) in [5.41, 5.74) is 0.510. The van der Waals surface area contributed by atoms with E-state index in [9.17, 15) is 14.4 Å². The molecule has 0 heterocycles. The molecule has 1 aromatic carbocycles. The quantitative estimate of drug-likeness (QED) is 0.0546. The van der Waals surface area contributed by atoms with E-state index in [0.717, 1.165) is 75.5 Å². The second kappa shape index (κ2) is 25.8. The smallest absolute Gasteiger partial charge is 0.338 e. The Labute approximate surface area is 275 Å². The van der Waals surface area contributed by atoms with Crippen LogP contribution in [0.3, 0.4) is 0 Å². The Morgan fingerprint density at radius 1 is 0.400 bits per heavy atom. The van der Waals surface area contributed by atoms with Gasteiger partial charge in [0.2, 0.25) is 0 Å². The summed E-state index contributed by atoms with van der Waals surface area (Å²) in [6.45, 7) is 14.4. The number of esters is 3. The molecule has 6 nitrogen and oxygen atoms in total. The molecule has 0 aromatic heterocycles. The number of carbonyl (C=O) groups excluding carboxylic acids is 3. The molecule has 0 saturated carbocycles. The maximum Gasteiger partial charge on any atom is 0.338 e. The highest BCUT2D eigenvalue weighted by Crippen LogP contribution is 2.17. The maximum absolute atomic E-state index is 12.9. The van der Waals surface area contributed by atoms with Gasteiger partial charge in [0.15, 0.2) is 0 Å². The molecule has 0 atom stereocenters. The molecule has 1 aromatic rings. The van der Waals surface area contributed by atoms with E-state index in [1.807, 2.05) is 0 Å². The standard InChI is InChI=1S/C39H66O6/c1-31(2)22-16-10-7-13-19-25-43-37(40)34-28-35(38(41)44-26-20-14-8-11-17-23-32(3)4)30-36(29-34)39(42)45-27-21-15-9-12-18-24-33(5)6/h28-33H,7-27H2,1-6H3. The molecule has 1 rings (SSSR count). The van der Waals surface area contributed by atoms with E-state index in [-0.39, 0.29) is 16.7 Å². The van der Waals surface area contributed by atoms with Crippen LogP contribution in [0.2, 0.25) is 0 Å². The van der Waals surface area contributed by atoms with Crippen molar-refractivity contribution in [3.63, 3.8) is 0 Å². The minimum Gasteiger partial charge on any atom is -0.462 e. The van der Waals surface area contributed by atoms with Gasteiger partial charge in [0, 0.05) is 0 Å². The first-order valence-electron chi connectivity index (χ1n) is 18.3. The number of rotatable bonds is 27. The van der Waals surface area contributed by atoms with Crippen LogP contribution in [0.15, 0.2) is 18.2 Å². The summed E-state index contributed by atoms with van der Waals surface area (Å²) in [5.74, 6) is 0.573. The van der Waals surface area contributed by atoms with Crippen LogP contribution in [-0.2, 0) is 14.2 Å². The lowest BCUT2D eigenvalue weighted by Gasteiger charge is -2.11. The van der Waals surface area contributed by atoms with Crippen molar-refractivity contribution in [1.29, 1.82) is 0 Å². The maximum atomic E-state index is 12.9. The van der Waals surface area contributed by atoms with Crippen molar-refractivity contribution in [3.05, 3.63) is 34.9 Å². The molecule has 0 aliphatic rings. The minimum absolute atomic E-state index is 0.170. The van der Waals surface area contributed by atoms with Gasteiger partial charge in [0.25, 0.3) is 0 Å². The van der Waals surface area contributed by atoms with Crippen LogP contribution in [0.1, 0.15) is 188 Å². The highest BCUT2D eigenvalue weighted by molar-refractivity contribution is 6.00. The molecule has 6 heteroatoms. The summed E-state index contributed by atoms with van der Waals surface area (Å²) in [6.07, 6.45) is 19.8. The van der Waals surface area contributed by atoms with Crippen LogP contribution in [-0.4, -0.2) is 37.7 Å². The van der Waals surface area contributed by atoms with Crippen molar-refractivity contribution in [1.82, 2.24) is 0 Å². The van der Waals surface area contributed by atoms with E-state index in [1.165, 1.54) is 76.0 Å². The van der Waals surface area contributed by atoms with Crippen molar-refractivity contribution >= 4 is 17.9 Å². The summed E-state index contributed by atoms with van der Waals surface area (Å²) < 4.78 is 16.6. The third kappa shape index (κ3) is 21.9. The van der Waals surface area contributed by atoms with Gasteiger partial charge in [-0.15, -0.1) is 0 Å². The van der Waals surface area contributed by atoms with Gasteiger partial charge in [-0.3, -0.25) is 0 Å². The van der Waals surface area contributed by atoms with E-state index in [4.69, 9.17) is 14.2 Å². The van der Waals surface area contributed by atoms with Gasteiger partial charge in [0.05, 0.1) is 36.5 Å². The van der Waals surface area contributed by atoms with E-state index in [1.54, 1.807) is 0 Å². The lowest BCUT2D eigenvalue weighted by atomic mass is 10.0. The Hall–Kier alpha value is -2.37. The van der Waals surface area contributed by atoms with Gasteiger partial charge in [-0.1, -0.05) is 138 Å². The fraction of sp³-hybridized carbons (Fsp3) is 0.769. The van der Waals surface area contributed by atoms with Crippen LogP contribution in [0.4, 0.5) is 0 Å². The SMILES string of the molecule is CC(C)CCCCCCCOC(=O)c1cc(C(=O)OCCCCCCCC(C)C)cc(C(=O)OCCCCCCCC(C)C)c1. The summed E-state index contributed by atoms with van der Waals surface area (Å²) in [5, 5.41) is 0. The Bertz CT molecular complexity index is 804. The van der Waals surface area contributed by atoms with Crippen LogP contribution < -0.4 is 0 Å². The predicted octanol–water partition coefficient (Wildman–Crippen LogP) is 11.1. The van der Waals surface area contributed by atoms with Crippen LogP contribution in [0.5, 0.6) is 0 Å². The van der Waals surface area contributed by atoms with E-state index < -0.39 is 17.9 Å². The zero-order valence-corrected chi connectivity index (χ0v) is 29.8. The average Bonchev–Trinajstić information content (AvgIpc) is 3.00. The predicted molar refractivity (Wildman–Crippen MR) is 185 cm³/mol. The molecule has 0 amide bonds. The summed E-state index contributed by atoms with van der Waals surface area (Å²) in [4.78, 5) is 38.8. The van der Waals surface area contributed by atoms with E-state index in [0.29, 0.717) is 19.8 Å². The van der Waals surface area contributed by atoms with Gasteiger partial charge < -0.3 is 14.2 Å². The Morgan fingerprint density at radius 2 is 0.622 bits per heavy atom. The van der Waals surface area contributed by atoms with Crippen LogP contribution >= 0.6 is 0 Å². The first-order chi connectivity index (χ1) is 21.6. The second-order valence-corrected chi connectivity index (χ2v) is 14.1. The Balaban J connectivity index is 2.66. The van der Waals surface area contributed by atoms with Crippen molar-refractivity contribution < 1.29 is 28.6 Å². The topological polar surface area (TPSA) is 78.9 Å². The first-order valence-corrected chi connectivity index (χ1v) is 18.3. The molecule has 0 fully saturated rings. The lowest BCUT2D eigenvalue weighted by molar-refractivity contribution is 0.0494. The van der Waals surface area contributed by atoms with Gasteiger partial charge in [-0.05, 0) is 55.2 Å². The number of unbranched alkanes of at least 4 members (excludes halogenated alkanes) is 12. The number of hydrogen-bond acceptors (Lipinski definition) is 6. The fourth-order valence-corrected chi connectivity index (χ4v) is 5.28. The van der Waals surface area contributed by atoms with Crippen molar-refractivity contribution in [2.24, 2.45) is 17.8 Å². The molecule has 0 radical (unpaired) electrons. The molecule has 0 unspecified atom stereocenters. The average molecular weight is 631 g/mol. The van der Waals surface area contributed by atoms with Gasteiger partial charge in [0.1, 0.15) is 0 Å². The van der Waals surface area contributed by atoms with Crippen LogP contribution in [0.25, 0.3) is 0 Å². The zero-order valence-electron chi connectivity index (χ0n) is 29.8. The molecule has 0 N–H and O–H groups in total. The summed E-state index contributed by atoms with van der Waals surface area (Å²) in [7, 11) is 0. The molecular weight excluding hydrogens is 564 g/mol. The van der Waals surface area contributed by atoms with Gasteiger partial charge in [-0.25, -0.2) is 14.4 Å². The first kappa shape index (κ1) is 40.7. The summed E-state index contributed by atoms with van der Waals surface area (Å²) in [6, 6.07) is 4.41. The number of carbonyl (C=O) groups is 3.